The number of benzene rings is 1. The second-order valence-corrected chi connectivity index (χ2v) is 6.44. The van der Waals surface area contributed by atoms with Gasteiger partial charge in [-0.15, -0.1) is 0 Å². The lowest BCUT2D eigenvalue weighted by molar-refractivity contribution is -0.128. The quantitative estimate of drug-likeness (QED) is 0.862. The Morgan fingerprint density at radius 1 is 1.40 bits per heavy atom. The number of hydrogen-bond donors (Lipinski definition) is 0. The van der Waals surface area contributed by atoms with Crippen molar-refractivity contribution in [3.8, 4) is 11.5 Å². The molecule has 25 heavy (non-hydrogen) atoms. The van der Waals surface area contributed by atoms with Crippen LogP contribution in [0.15, 0.2) is 36.2 Å². The maximum Gasteiger partial charge on any atom is 0.253 e. The predicted octanol–water partition coefficient (Wildman–Crippen LogP) is 2.57. The minimum absolute atomic E-state index is 0.0415. The van der Waals surface area contributed by atoms with Crippen molar-refractivity contribution in [1.82, 2.24) is 14.7 Å². The number of aryl methyl sites for hydroxylation is 1. The fourth-order valence-corrected chi connectivity index (χ4v) is 3.62. The largest absolute Gasteiger partial charge is 0.493 e. The molecule has 1 fully saturated rings. The highest BCUT2D eigenvalue weighted by atomic mass is 16.5. The SMILES string of the molecule is COc1cccc2c1OCC(C(=O)N1CCCC1c1cnn(C)c1)=C2. The van der Waals surface area contributed by atoms with Crippen LogP contribution in [0.4, 0.5) is 0 Å². The van der Waals surface area contributed by atoms with E-state index < -0.39 is 0 Å². The van der Waals surface area contributed by atoms with Gasteiger partial charge in [0, 0.05) is 30.9 Å². The van der Waals surface area contributed by atoms with Crippen LogP contribution in [0, 0.1) is 0 Å². The summed E-state index contributed by atoms with van der Waals surface area (Å²) in [6.45, 7) is 1.03. The number of hydrogen-bond acceptors (Lipinski definition) is 4. The molecular weight excluding hydrogens is 318 g/mol. The van der Waals surface area contributed by atoms with E-state index in [2.05, 4.69) is 5.10 Å². The van der Waals surface area contributed by atoms with E-state index in [-0.39, 0.29) is 18.6 Å². The third-order valence-electron chi connectivity index (χ3n) is 4.83. The van der Waals surface area contributed by atoms with Crippen molar-refractivity contribution in [1.29, 1.82) is 0 Å². The van der Waals surface area contributed by atoms with Crippen molar-refractivity contribution in [3.05, 3.63) is 47.3 Å². The van der Waals surface area contributed by atoms with Gasteiger partial charge in [0.15, 0.2) is 11.5 Å². The first-order chi connectivity index (χ1) is 12.2. The molecular formula is C19H21N3O3. The van der Waals surface area contributed by atoms with Gasteiger partial charge in [-0.25, -0.2) is 0 Å². The van der Waals surface area contributed by atoms with Crippen LogP contribution in [0.3, 0.4) is 0 Å². The normalized spacial score (nSPS) is 19.2. The number of aromatic nitrogens is 2. The van der Waals surface area contributed by atoms with E-state index in [0.717, 1.165) is 30.5 Å². The summed E-state index contributed by atoms with van der Waals surface area (Å²) >= 11 is 0. The lowest BCUT2D eigenvalue weighted by Gasteiger charge is -2.27. The molecule has 0 saturated carbocycles. The second-order valence-electron chi connectivity index (χ2n) is 6.44. The third-order valence-corrected chi connectivity index (χ3v) is 4.83. The Morgan fingerprint density at radius 2 is 2.28 bits per heavy atom. The predicted molar refractivity (Wildman–Crippen MR) is 93.4 cm³/mol. The number of carbonyl (C=O) groups excluding carboxylic acids is 1. The summed E-state index contributed by atoms with van der Waals surface area (Å²) in [6, 6.07) is 5.79. The molecule has 3 heterocycles. The van der Waals surface area contributed by atoms with E-state index in [4.69, 9.17) is 9.47 Å². The zero-order valence-corrected chi connectivity index (χ0v) is 14.4. The zero-order chi connectivity index (χ0) is 17.4. The number of nitrogens with zero attached hydrogens (tertiary/aromatic N) is 3. The summed E-state index contributed by atoms with van der Waals surface area (Å²) < 4.78 is 12.9. The number of para-hydroxylation sites is 1. The molecule has 6 nitrogen and oxygen atoms in total. The Morgan fingerprint density at radius 3 is 3.04 bits per heavy atom. The van der Waals surface area contributed by atoms with Crippen LogP contribution in [0.25, 0.3) is 6.08 Å². The molecule has 4 rings (SSSR count). The highest BCUT2D eigenvalue weighted by Crippen LogP contribution is 2.37. The van der Waals surface area contributed by atoms with Crippen LogP contribution < -0.4 is 9.47 Å². The van der Waals surface area contributed by atoms with Crippen LogP contribution >= 0.6 is 0 Å². The van der Waals surface area contributed by atoms with Gasteiger partial charge in [-0.05, 0) is 25.0 Å². The maximum absolute atomic E-state index is 13.1. The number of likely N-dealkylation sites (tertiary alicyclic amines) is 1. The van der Waals surface area contributed by atoms with Crippen molar-refractivity contribution in [3.63, 3.8) is 0 Å². The molecule has 1 amide bonds. The number of carbonyl (C=O) groups is 1. The summed E-state index contributed by atoms with van der Waals surface area (Å²) in [6.07, 6.45) is 7.73. The van der Waals surface area contributed by atoms with Crippen molar-refractivity contribution in [2.24, 2.45) is 7.05 Å². The molecule has 2 aliphatic rings. The Labute approximate surface area is 146 Å². The lowest BCUT2D eigenvalue weighted by Crippen LogP contribution is -2.33. The monoisotopic (exact) mass is 339 g/mol. The van der Waals surface area contributed by atoms with Gasteiger partial charge in [-0.1, -0.05) is 12.1 Å². The smallest absolute Gasteiger partial charge is 0.253 e. The summed E-state index contributed by atoms with van der Waals surface area (Å²) in [5.41, 5.74) is 2.65. The highest BCUT2D eigenvalue weighted by Gasteiger charge is 2.33. The first-order valence-electron chi connectivity index (χ1n) is 8.47. The molecule has 0 radical (unpaired) electrons. The van der Waals surface area contributed by atoms with Gasteiger partial charge < -0.3 is 14.4 Å². The molecule has 1 saturated heterocycles. The molecule has 130 valence electrons. The number of amides is 1. The molecule has 0 bridgehead atoms. The van der Waals surface area contributed by atoms with Gasteiger partial charge in [0.25, 0.3) is 5.91 Å². The van der Waals surface area contributed by atoms with Crippen LogP contribution in [0.5, 0.6) is 11.5 Å². The van der Waals surface area contributed by atoms with Gasteiger partial charge in [-0.2, -0.15) is 5.10 Å². The van der Waals surface area contributed by atoms with Gasteiger partial charge in [0.2, 0.25) is 0 Å². The van der Waals surface area contributed by atoms with Crippen molar-refractivity contribution < 1.29 is 14.3 Å². The maximum atomic E-state index is 13.1. The summed E-state index contributed by atoms with van der Waals surface area (Å²) in [5.74, 6) is 1.43. The molecule has 2 aromatic rings. The van der Waals surface area contributed by atoms with E-state index in [1.165, 1.54) is 0 Å². The number of methoxy groups -OCH3 is 1. The van der Waals surface area contributed by atoms with E-state index in [1.807, 2.05) is 48.6 Å². The topological polar surface area (TPSA) is 56.6 Å². The van der Waals surface area contributed by atoms with Gasteiger partial charge in [0.1, 0.15) is 6.61 Å². The number of fused-ring (bicyclic) bond motifs is 1. The molecule has 0 N–H and O–H groups in total. The third kappa shape index (κ3) is 2.77. The fraction of sp³-hybridized carbons (Fsp3) is 0.368. The Hall–Kier alpha value is -2.76. The van der Waals surface area contributed by atoms with Crippen LogP contribution in [0.2, 0.25) is 0 Å². The molecule has 1 aromatic heterocycles. The second kappa shape index (κ2) is 6.27. The average Bonchev–Trinajstić information content (AvgIpc) is 3.28. The van der Waals surface area contributed by atoms with Gasteiger partial charge in [-0.3, -0.25) is 9.48 Å². The summed E-state index contributed by atoms with van der Waals surface area (Å²) in [7, 11) is 3.51. The van der Waals surface area contributed by atoms with Crippen molar-refractivity contribution in [2.75, 3.05) is 20.3 Å². The fourth-order valence-electron chi connectivity index (χ4n) is 3.62. The summed E-state index contributed by atoms with van der Waals surface area (Å²) in [5, 5.41) is 4.24. The van der Waals surface area contributed by atoms with Crippen LogP contribution in [-0.2, 0) is 11.8 Å². The van der Waals surface area contributed by atoms with E-state index in [1.54, 1.807) is 11.8 Å². The minimum atomic E-state index is 0.0415. The van der Waals surface area contributed by atoms with Gasteiger partial charge >= 0.3 is 0 Å². The van der Waals surface area contributed by atoms with E-state index in [0.29, 0.717) is 17.1 Å². The van der Waals surface area contributed by atoms with E-state index in [9.17, 15) is 4.79 Å². The number of ether oxygens (including phenoxy) is 2. The lowest BCUT2D eigenvalue weighted by atomic mass is 10.0. The average molecular weight is 339 g/mol. The molecule has 1 aromatic carbocycles. The Balaban J connectivity index is 1.61. The molecule has 1 atom stereocenters. The summed E-state index contributed by atoms with van der Waals surface area (Å²) in [4.78, 5) is 15.0. The minimum Gasteiger partial charge on any atom is -0.493 e. The first-order valence-corrected chi connectivity index (χ1v) is 8.47. The molecule has 1 unspecified atom stereocenters. The van der Waals surface area contributed by atoms with Crippen LogP contribution in [0.1, 0.15) is 30.0 Å². The van der Waals surface area contributed by atoms with Crippen LogP contribution in [-0.4, -0.2) is 40.8 Å². The van der Waals surface area contributed by atoms with Crippen molar-refractivity contribution >= 4 is 12.0 Å². The highest BCUT2D eigenvalue weighted by molar-refractivity contribution is 5.99. The Kier molecular flexibility index (Phi) is 3.95. The molecule has 0 aliphatic carbocycles. The molecule has 6 heteroatoms. The van der Waals surface area contributed by atoms with Gasteiger partial charge in [0.05, 0.1) is 24.9 Å². The zero-order valence-electron chi connectivity index (χ0n) is 14.4. The number of rotatable bonds is 3. The van der Waals surface area contributed by atoms with E-state index >= 15 is 0 Å². The standard InChI is InChI=1S/C19H21N3O3/c1-21-11-15(10-20-21)16-6-4-8-22(16)19(23)14-9-13-5-3-7-17(24-2)18(13)25-12-14/h3,5,7,9-11,16H,4,6,8,12H2,1-2H3. The Bertz CT molecular complexity index is 840. The molecule has 2 aliphatic heterocycles. The van der Waals surface area contributed by atoms with Crippen molar-refractivity contribution in [2.45, 2.75) is 18.9 Å². The molecule has 0 spiro atoms. The first kappa shape index (κ1) is 15.7.